The van der Waals surface area contributed by atoms with Gasteiger partial charge in [0.2, 0.25) is 0 Å². The van der Waals surface area contributed by atoms with Gasteiger partial charge in [0.05, 0.1) is 11.4 Å². The predicted molar refractivity (Wildman–Crippen MR) is 114 cm³/mol. The van der Waals surface area contributed by atoms with E-state index in [0.717, 1.165) is 50.3 Å². The number of hydrogen-bond acceptors (Lipinski definition) is 3. The number of carbonyl (C=O) groups is 1. The lowest BCUT2D eigenvalue weighted by atomic mass is 9.89. The first-order valence-corrected chi connectivity index (χ1v) is 10.5. The number of aromatic nitrogens is 1. The van der Waals surface area contributed by atoms with Gasteiger partial charge in [-0.15, -0.1) is 0 Å². The Morgan fingerprint density at radius 3 is 2.89 bits per heavy atom. The Morgan fingerprint density at radius 1 is 1.25 bits per heavy atom. The largest absolute Gasteiger partial charge is 0.380 e. The van der Waals surface area contributed by atoms with Gasteiger partial charge in [-0.05, 0) is 50.3 Å². The number of nitrogens with one attached hydrogen (secondary N) is 3. The van der Waals surface area contributed by atoms with Gasteiger partial charge in [-0.25, -0.2) is 0 Å². The van der Waals surface area contributed by atoms with Crippen LogP contribution in [0.3, 0.4) is 0 Å². The van der Waals surface area contributed by atoms with Crippen LogP contribution >= 0.6 is 0 Å². The Balaban J connectivity index is 1.40. The molecule has 0 radical (unpaired) electrons. The highest BCUT2D eigenvalue weighted by atomic mass is 16.2. The molecule has 28 heavy (non-hydrogen) atoms. The first kappa shape index (κ1) is 18.8. The SMILES string of the molecule is CCN(C(=O)c1cc2c([nH]1)C=CCN2)C1CCCC(NCc2ccccc2)C1. The average molecular weight is 379 g/mol. The second kappa shape index (κ2) is 8.65. The van der Waals surface area contributed by atoms with Crippen LogP contribution in [0.5, 0.6) is 0 Å². The van der Waals surface area contributed by atoms with Crippen molar-refractivity contribution in [2.45, 2.75) is 51.2 Å². The van der Waals surface area contributed by atoms with Gasteiger partial charge in [-0.3, -0.25) is 4.79 Å². The number of amides is 1. The van der Waals surface area contributed by atoms with Crippen LogP contribution in [-0.4, -0.2) is 41.0 Å². The molecule has 2 atom stereocenters. The van der Waals surface area contributed by atoms with Crippen molar-refractivity contribution in [3.8, 4) is 0 Å². The van der Waals surface area contributed by atoms with Crippen LogP contribution in [0.4, 0.5) is 5.69 Å². The van der Waals surface area contributed by atoms with Gasteiger partial charge in [0.1, 0.15) is 5.69 Å². The van der Waals surface area contributed by atoms with Gasteiger partial charge in [0, 0.05) is 31.7 Å². The van der Waals surface area contributed by atoms with Crippen LogP contribution < -0.4 is 10.6 Å². The first-order valence-electron chi connectivity index (χ1n) is 10.5. The second-order valence-electron chi connectivity index (χ2n) is 7.77. The maximum absolute atomic E-state index is 13.2. The summed E-state index contributed by atoms with van der Waals surface area (Å²) in [6.45, 7) is 4.52. The molecule has 1 saturated carbocycles. The highest BCUT2D eigenvalue weighted by Gasteiger charge is 2.30. The standard InChI is InChI=1S/C23H30N4O/c1-2-27(23(28)22-15-21-20(26-22)12-7-13-24-21)19-11-6-10-18(14-19)25-16-17-8-4-3-5-9-17/h3-5,7-9,12,15,18-19,24-26H,2,6,10-11,13-14,16H2,1H3. The van der Waals surface area contributed by atoms with Crippen molar-refractivity contribution in [1.82, 2.24) is 15.2 Å². The average Bonchev–Trinajstić information content (AvgIpc) is 3.18. The van der Waals surface area contributed by atoms with Crippen molar-refractivity contribution in [1.29, 1.82) is 0 Å². The summed E-state index contributed by atoms with van der Waals surface area (Å²) in [7, 11) is 0. The minimum atomic E-state index is 0.112. The summed E-state index contributed by atoms with van der Waals surface area (Å²) >= 11 is 0. The molecule has 2 unspecified atom stereocenters. The molecule has 1 amide bonds. The number of anilines is 1. The Labute approximate surface area is 167 Å². The molecule has 5 heteroatoms. The van der Waals surface area contributed by atoms with E-state index in [2.05, 4.69) is 63.8 Å². The molecule has 2 heterocycles. The minimum absolute atomic E-state index is 0.112. The zero-order valence-corrected chi connectivity index (χ0v) is 16.6. The highest BCUT2D eigenvalue weighted by molar-refractivity contribution is 5.95. The third-order valence-corrected chi connectivity index (χ3v) is 5.90. The van der Waals surface area contributed by atoms with E-state index in [4.69, 9.17) is 0 Å². The molecule has 5 nitrogen and oxygen atoms in total. The maximum Gasteiger partial charge on any atom is 0.270 e. The van der Waals surface area contributed by atoms with E-state index >= 15 is 0 Å². The third kappa shape index (κ3) is 4.14. The Kier molecular flexibility index (Phi) is 5.81. The summed E-state index contributed by atoms with van der Waals surface area (Å²) in [6, 6.07) is 13.2. The Bertz CT molecular complexity index is 826. The number of nitrogens with zero attached hydrogens (tertiary/aromatic N) is 1. The number of carbonyl (C=O) groups excluding carboxylic acids is 1. The van der Waals surface area contributed by atoms with E-state index < -0.39 is 0 Å². The highest BCUT2D eigenvalue weighted by Crippen LogP contribution is 2.27. The summed E-state index contributed by atoms with van der Waals surface area (Å²) in [5, 5.41) is 7.02. The zero-order valence-electron chi connectivity index (χ0n) is 16.6. The molecule has 1 aromatic heterocycles. The lowest BCUT2D eigenvalue weighted by molar-refractivity contribution is 0.0623. The summed E-state index contributed by atoms with van der Waals surface area (Å²) in [6.07, 6.45) is 8.55. The van der Waals surface area contributed by atoms with Crippen LogP contribution in [0.2, 0.25) is 0 Å². The van der Waals surface area contributed by atoms with Crippen molar-refractivity contribution in [3.63, 3.8) is 0 Å². The lowest BCUT2D eigenvalue weighted by Gasteiger charge is -2.37. The zero-order chi connectivity index (χ0) is 19.3. The third-order valence-electron chi connectivity index (χ3n) is 5.90. The molecule has 2 aliphatic rings. The molecule has 1 aliphatic heterocycles. The quantitative estimate of drug-likeness (QED) is 0.712. The van der Waals surface area contributed by atoms with Gasteiger partial charge < -0.3 is 20.5 Å². The fourth-order valence-electron chi connectivity index (χ4n) is 4.42. The summed E-state index contributed by atoms with van der Waals surface area (Å²) < 4.78 is 0. The van der Waals surface area contributed by atoms with E-state index in [0.29, 0.717) is 17.8 Å². The van der Waals surface area contributed by atoms with E-state index in [9.17, 15) is 4.79 Å². The molecule has 4 rings (SSSR count). The fourth-order valence-corrected chi connectivity index (χ4v) is 4.42. The predicted octanol–water partition coefficient (Wildman–Crippen LogP) is 4.02. The molecule has 0 saturated heterocycles. The minimum Gasteiger partial charge on any atom is -0.380 e. The van der Waals surface area contributed by atoms with Gasteiger partial charge in [-0.1, -0.05) is 36.4 Å². The van der Waals surface area contributed by atoms with Crippen molar-refractivity contribution in [3.05, 3.63) is 59.4 Å². The van der Waals surface area contributed by atoms with Gasteiger partial charge in [-0.2, -0.15) is 0 Å². The number of benzene rings is 1. The number of H-pyrrole nitrogens is 1. The van der Waals surface area contributed by atoms with Gasteiger partial charge in [0.15, 0.2) is 0 Å². The summed E-state index contributed by atoms with van der Waals surface area (Å²) in [4.78, 5) is 18.5. The van der Waals surface area contributed by atoms with Crippen LogP contribution in [0.1, 0.15) is 54.4 Å². The van der Waals surface area contributed by atoms with Crippen LogP contribution in [-0.2, 0) is 6.54 Å². The smallest absolute Gasteiger partial charge is 0.270 e. The molecular weight excluding hydrogens is 348 g/mol. The summed E-state index contributed by atoms with van der Waals surface area (Å²) in [5.74, 6) is 0.112. The Hall–Kier alpha value is -2.53. The van der Waals surface area contributed by atoms with E-state index in [1.165, 1.54) is 12.0 Å². The molecule has 1 aromatic carbocycles. The number of aromatic amines is 1. The van der Waals surface area contributed by atoms with Crippen molar-refractivity contribution in [2.24, 2.45) is 0 Å². The summed E-state index contributed by atoms with van der Waals surface area (Å²) in [5.41, 5.74) is 4.01. The maximum atomic E-state index is 13.2. The molecule has 3 N–H and O–H groups in total. The lowest BCUT2D eigenvalue weighted by Crippen LogP contribution is -2.46. The number of hydrogen-bond donors (Lipinski definition) is 3. The van der Waals surface area contributed by atoms with E-state index in [-0.39, 0.29) is 5.91 Å². The molecule has 1 fully saturated rings. The van der Waals surface area contributed by atoms with Gasteiger partial charge >= 0.3 is 0 Å². The normalized spacial score (nSPS) is 21.0. The molecule has 2 aromatic rings. The molecular formula is C23H30N4O. The van der Waals surface area contributed by atoms with Crippen molar-refractivity contribution < 1.29 is 4.79 Å². The number of rotatable bonds is 6. The molecule has 0 spiro atoms. The van der Waals surface area contributed by atoms with Crippen LogP contribution in [0.15, 0.2) is 42.5 Å². The first-order chi connectivity index (χ1) is 13.7. The van der Waals surface area contributed by atoms with Crippen molar-refractivity contribution >= 4 is 17.7 Å². The fraction of sp³-hybridized carbons (Fsp3) is 0.435. The van der Waals surface area contributed by atoms with Crippen molar-refractivity contribution in [2.75, 3.05) is 18.4 Å². The van der Waals surface area contributed by atoms with E-state index in [1.807, 2.05) is 12.1 Å². The second-order valence-corrected chi connectivity index (χ2v) is 7.77. The monoisotopic (exact) mass is 378 g/mol. The van der Waals surface area contributed by atoms with E-state index in [1.54, 1.807) is 0 Å². The van der Waals surface area contributed by atoms with Crippen LogP contribution in [0.25, 0.3) is 6.08 Å². The van der Waals surface area contributed by atoms with Crippen LogP contribution in [0, 0.1) is 0 Å². The Morgan fingerprint density at radius 2 is 2.11 bits per heavy atom. The molecule has 0 bridgehead atoms. The molecule has 1 aliphatic carbocycles. The topological polar surface area (TPSA) is 60.2 Å². The number of fused-ring (bicyclic) bond motifs is 1. The van der Waals surface area contributed by atoms with Gasteiger partial charge in [0.25, 0.3) is 5.91 Å². The molecule has 148 valence electrons.